The number of nitrogens with zero attached hydrogens (tertiary/aromatic N) is 1. The van der Waals surface area contributed by atoms with Crippen molar-refractivity contribution in [3.63, 3.8) is 0 Å². The SMILES string of the molecule is COc1ccc(Cl)cc1C(=O)N1CCNC(=O)CC1. The van der Waals surface area contributed by atoms with E-state index in [0.717, 1.165) is 0 Å². The number of rotatable bonds is 2. The molecule has 1 aliphatic rings. The van der Waals surface area contributed by atoms with Crippen molar-refractivity contribution >= 4 is 23.4 Å². The number of benzene rings is 1. The lowest BCUT2D eigenvalue weighted by molar-refractivity contribution is -0.120. The van der Waals surface area contributed by atoms with Gasteiger partial charge in [-0.15, -0.1) is 0 Å². The fourth-order valence-electron chi connectivity index (χ4n) is 1.99. The van der Waals surface area contributed by atoms with E-state index in [0.29, 0.717) is 42.4 Å². The maximum atomic E-state index is 12.4. The molecule has 1 aromatic carbocycles. The number of hydrogen-bond acceptors (Lipinski definition) is 3. The third-order valence-electron chi connectivity index (χ3n) is 2.99. The van der Waals surface area contributed by atoms with Crippen LogP contribution in [0.3, 0.4) is 0 Å². The molecule has 6 heteroatoms. The molecular weight excluding hydrogens is 268 g/mol. The van der Waals surface area contributed by atoms with Crippen molar-refractivity contribution < 1.29 is 14.3 Å². The summed E-state index contributed by atoms with van der Waals surface area (Å²) in [6.45, 7) is 1.36. The molecular formula is C13H15ClN2O3. The van der Waals surface area contributed by atoms with Crippen molar-refractivity contribution in [3.05, 3.63) is 28.8 Å². The predicted molar refractivity (Wildman–Crippen MR) is 71.5 cm³/mol. The van der Waals surface area contributed by atoms with Gasteiger partial charge in [-0.2, -0.15) is 0 Å². The summed E-state index contributed by atoms with van der Waals surface area (Å²) in [4.78, 5) is 25.3. The third-order valence-corrected chi connectivity index (χ3v) is 3.23. The van der Waals surface area contributed by atoms with Crippen LogP contribution in [-0.2, 0) is 4.79 Å². The highest BCUT2D eigenvalue weighted by Crippen LogP contribution is 2.24. The highest BCUT2D eigenvalue weighted by atomic mass is 35.5. The van der Waals surface area contributed by atoms with Crippen LogP contribution in [0.15, 0.2) is 18.2 Å². The van der Waals surface area contributed by atoms with Gasteiger partial charge in [0.2, 0.25) is 5.91 Å². The zero-order chi connectivity index (χ0) is 13.8. The van der Waals surface area contributed by atoms with Gasteiger partial charge in [-0.05, 0) is 18.2 Å². The van der Waals surface area contributed by atoms with Crippen LogP contribution in [0.2, 0.25) is 5.02 Å². The molecule has 0 aromatic heterocycles. The summed E-state index contributed by atoms with van der Waals surface area (Å²) in [5, 5.41) is 3.21. The number of carbonyl (C=O) groups is 2. The molecule has 102 valence electrons. The van der Waals surface area contributed by atoms with Gasteiger partial charge < -0.3 is 15.0 Å². The Kier molecular flexibility index (Phi) is 4.27. The molecule has 0 aliphatic carbocycles. The van der Waals surface area contributed by atoms with Gasteiger partial charge in [-0.1, -0.05) is 11.6 Å². The van der Waals surface area contributed by atoms with Crippen LogP contribution in [0.1, 0.15) is 16.8 Å². The molecule has 0 unspecified atom stereocenters. The van der Waals surface area contributed by atoms with Gasteiger partial charge in [0.25, 0.3) is 5.91 Å². The summed E-state index contributed by atoms with van der Waals surface area (Å²) in [7, 11) is 1.51. The monoisotopic (exact) mass is 282 g/mol. The van der Waals surface area contributed by atoms with Crippen molar-refractivity contribution in [3.8, 4) is 5.75 Å². The first kappa shape index (κ1) is 13.7. The van der Waals surface area contributed by atoms with Crippen molar-refractivity contribution in [2.45, 2.75) is 6.42 Å². The van der Waals surface area contributed by atoms with Crippen LogP contribution in [-0.4, -0.2) is 43.5 Å². The summed E-state index contributed by atoms with van der Waals surface area (Å²) in [6.07, 6.45) is 0.314. The van der Waals surface area contributed by atoms with Crippen LogP contribution in [0, 0.1) is 0 Å². The van der Waals surface area contributed by atoms with Gasteiger partial charge >= 0.3 is 0 Å². The van der Waals surface area contributed by atoms with E-state index in [4.69, 9.17) is 16.3 Å². The van der Waals surface area contributed by atoms with E-state index in [1.807, 2.05) is 0 Å². The summed E-state index contributed by atoms with van der Waals surface area (Å²) < 4.78 is 5.18. The molecule has 1 N–H and O–H groups in total. The minimum atomic E-state index is -0.171. The standard InChI is InChI=1S/C13H15ClN2O3/c1-19-11-3-2-9(14)8-10(11)13(18)16-6-4-12(17)15-5-7-16/h2-3,8H,4-7H2,1H3,(H,15,17). The van der Waals surface area contributed by atoms with Crippen LogP contribution in [0.25, 0.3) is 0 Å². The van der Waals surface area contributed by atoms with Crippen molar-refractivity contribution in [1.29, 1.82) is 0 Å². The first-order valence-corrected chi connectivity index (χ1v) is 6.39. The highest BCUT2D eigenvalue weighted by molar-refractivity contribution is 6.31. The van der Waals surface area contributed by atoms with Gasteiger partial charge in [-0.25, -0.2) is 0 Å². The summed E-state index contributed by atoms with van der Waals surface area (Å²) in [5.74, 6) is 0.280. The number of carbonyl (C=O) groups excluding carboxylic acids is 2. The lowest BCUT2D eigenvalue weighted by Gasteiger charge is -2.20. The van der Waals surface area contributed by atoms with Crippen LogP contribution in [0.5, 0.6) is 5.75 Å². The number of nitrogens with one attached hydrogen (secondary N) is 1. The van der Waals surface area contributed by atoms with Gasteiger partial charge in [0.05, 0.1) is 12.7 Å². The van der Waals surface area contributed by atoms with Crippen molar-refractivity contribution in [2.75, 3.05) is 26.7 Å². The normalized spacial score (nSPS) is 15.7. The van der Waals surface area contributed by atoms with Gasteiger partial charge in [-0.3, -0.25) is 9.59 Å². The Hall–Kier alpha value is -1.75. The molecule has 0 bridgehead atoms. The molecule has 1 heterocycles. The number of halogens is 1. The second kappa shape index (κ2) is 5.93. The first-order chi connectivity index (χ1) is 9.11. The average Bonchev–Trinajstić information content (AvgIpc) is 2.62. The average molecular weight is 283 g/mol. The molecule has 1 aromatic rings. The Morgan fingerprint density at radius 3 is 2.95 bits per heavy atom. The van der Waals surface area contributed by atoms with Crippen LogP contribution >= 0.6 is 11.6 Å². The Bertz CT molecular complexity index is 505. The summed E-state index contributed by atoms with van der Waals surface area (Å²) >= 11 is 5.92. The molecule has 1 saturated heterocycles. The zero-order valence-corrected chi connectivity index (χ0v) is 11.4. The van der Waals surface area contributed by atoms with E-state index in [9.17, 15) is 9.59 Å². The summed E-state index contributed by atoms with van der Waals surface area (Å²) in [5.41, 5.74) is 0.421. The third kappa shape index (κ3) is 3.17. The second-order valence-electron chi connectivity index (χ2n) is 4.24. The Balaban J connectivity index is 2.23. The molecule has 1 aliphatic heterocycles. The Labute approximate surface area is 116 Å². The molecule has 2 amide bonds. The predicted octanol–water partition coefficient (Wildman–Crippen LogP) is 1.31. The number of methoxy groups -OCH3 is 1. The first-order valence-electron chi connectivity index (χ1n) is 6.01. The van der Waals surface area contributed by atoms with E-state index in [1.54, 1.807) is 23.1 Å². The van der Waals surface area contributed by atoms with Gasteiger partial charge in [0.1, 0.15) is 5.75 Å². The smallest absolute Gasteiger partial charge is 0.257 e. The minimum Gasteiger partial charge on any atom is -0.496 e. The van der Waals surface area contributed by atoms with Crippen LogP contribution in [0.4, 0.5) is 0 Å². The van der Waals surface area contributed by atoms with E-state index >= 15 is 0 Å². The maximum absolute atomic E-state index is 12.4. The number of ether oxygens (including phenoxy) is 1. The highest BCUT2D eigenvalue weighted by Gasteiger charge is 2.22. The van der Waals surface area contributed by atoms with E-state index in [2.05, 4.69) is 5.32 Å². The van der Waals surface area contributed by atoms with Crippen molar-refractivity contribution in [1.82, 2.24) is 10.2 Å². The van der Waals surface area contributed by atoms with Gasteiger partial charge in [0.15, 0.2) is 0 Å². The number of hydrogen-bond donors (Lipinski definition) is 1. The topological polar surface area (TPSA) is 58.6 Å². The van der Waals surface area contributed by atoms with E-state index in [1.165, 1.54) is 7.11 Å². The molecule has 5 nitrogen and oxygen atoms in total. The van der Waals surface area contributed by atoms with E-state index in [-0.39, 0.29) is 11.8 Å². The lowest BCUT2D eigenvalue weighted by Crippen LogP contribution is -2.34. The fourth-order valence-corrected chi connectivity index (χ4v) is 2.16. The fraction of sp³-hybridized carbons (Fsp3) is 0.385. The largest absolute Gasteiger partial charge is 0.496 e. The molecule has 2 rings (SSSR count). The quantitative estimate of drug-likeness (QED) is 0.890. The molecule has 0 spiro atoms. The molecule has 0 saturated carbocycles. The summed E-state index contributed by atoms with van der Waals surface area (Å²) in [6, 6.07) is 4.92. The Morgan fingerprint density at radius 1 is 1.42 bits per heavy atom. The van der Waals surface area contributed by atoms with E-state index < -0.39 is 0 Å². The molecule has 0 atom stereocenters. The Morgan fingerprint density at radius 2 is 2.21 bits per heavy atom. The van der Waals surface area contributed by atoms with Crippen molar-refractivity contribution in [2.24, 2.45) is 0 Å². The molecule has 1 fully saturated rings. The van der Waals surface area contributed by atoms with Gasteiger partial charge in [0, 0.05) is 31.1 Å². The zero-order valence-electron chi connectivity index (χ0n) is 10.6. The maximum Gasteiger partial charge on any atom is 0.257 e. The van der Waals surface area contributed by atoms with Crippen LogP contribution < -0.4 is 10.1 Å². The number of amides is 2. The molecule has 0 radical (unpaired) electrons. The lowest BCUT2D eigenvalue weighted by atomic mass is 10.1. The minimum absolute atomic E-state index is 0.0339. The molecule has 19 heavy (non-hydrogen) atoms. The second-order valence-corrected chi connectivity index (χ2v) is 4.67.